The molecule has 0 aromatic heterocycles. The molecular formula is C23H29F4NO3. The first-order chi connectivity index (χ1) is 14.7. The molecule has 1 aromatic carbocycles. The molecule has 3 fully saturated rings. The van der Waals surface area contributed by atoms with E-state index < -0.39 is 23.4 Å². The summed E-state index contributed by atoms with van der Waals surface area (Å²) in [5, 5.41) is 9.16. The summed E-state index contributed by atoms with van der Waals surface area (Å²) in [6, 6.07) is 2.55. The molecule has 0 radical (unpaired) electrons. The smallest absolute Gasteiger partial charge is 0.395 e. The van der Waals surface area contributed by atoms with Gasteiger partial charge in [-0.15, -0.1) is 0 Å². The van der Waals surface area contributed by atoms with Gasteiger partial charge in [0.15, 0.2) is 0 Å². The molecule has 172 valence electrons. The maximum Gasteiger partial charge on any atom is 0.395 e. The molecule has 0 unspecified atom stereocenters. The lowest BCUT2D eigenvalue weighted by molar-refractivity contribution is -0.228. The van der Waals surface area contributed by atoms with Gasteiger partial charge in [0.2, 0.25) is 0 Å². The lowest BCUT2D eigenvalue weighted by Gasteiger charge is -2.40. The fraction of sp³-hybridized carbons (Fsp3) is 0.696. The van der Waals surface area contributed by atoms with Crippen molar-refractivity contribution in [3.8, 4) is 5.75 Å². The number of carboxylic acid groups (broad SMARTS) is 1. The molecule has 4 rings (SSSR count). The van der Waals surface area contributed by atoms with E-state index in [1.807, 2.05) is 4.90 Å². The first kappa shape index (κ1) is 22.4. The van der Waals surface area contributed by atoms with Gasteiger partial charge in [-0.2, -0.15) is 13.2 Å². The number of nitrogens with zero attached hydrogens (tertiary/aromatic N) is 1. The summed E-state index contributed by atoms with van der Waals surface area (Å²) in [5.74, 6) is -1.31. The first-order valence-corrected chi connectivity index (χ1v) is 11.2. The highest BCUT2D eigenvalue weighted by atomic mass is 19.4. The second-order valence-corrected chi connectivity index (χ2v) is 9.47. The van der Waals surface area contributed by atoms with Gasteiger partial charge in [-0.1, -0.05) is 12.8 Å². The van der Waals surface area contributed by atoms with Gasteiger partial charge in [0.05, 0.1) is 17.6 Å². The van der Waals surface area contributed by atoms with Crippen molar-refractivity contribution < 1.29 is 32.2 Å². The molecule has 4 nitrogen and oxygen atoms in total. The average molecular weight is 443 g/mol. The minimum atomic E-state index is -4.16. The molecule has 1 saturated heterocycles. The van der Waals surface area contributed by atoms with E-state index in [0.29, 0.717) is 38.3 Å². The molecule has 3 aliphatic rings. The van der Waals surface area contributed by atoms with Crippen LogP contribution in [0.25, 0.3) is 0 Å². The highest BCUT2D eigenvalue weighted by Gasteiger charge is 2.56. The van der Waals surface area contributed by atoms with Crippen LogP contribution in [0.5, 0.6) is 5.75 Å². The van der Waals surface area contributed by atoms with Crippen LogP contribution in [0.2, 0.25) is 0 Å². The van der Waals surface area contributed by atoms with Crippen LogP contribution in [0.15, 0.2) is 12.1 Å². The zero-order chi connectivity index (χ0) is 22.2. The van der Waals surface area contributed by atoms with Crippen LogP contribution in [0.3, 0.4) is 0 Å². The summed E-state index contributed by atoms with van der Waals surface area (Å²) in [5.41, 5.74) is -1.16. The summed E-state index contributed by atoms with van der Waals surface area (Å²) >= 11 is 0. The van der Waals surface area contributed by atoms with Crippen LogP contribution < -0.4 is 4.74 Å². The van der Waals surface area contributed by atoms with Crippen LogP contribution in [-0.2, 0) is 0 Å². The summed E-state index contributed by atoms with van der Waals surface area (Å²) in [6.45, 7) is 1.66. The molecule has 0 spiro atoms. The molecule has 1 aromatic rings. The van der Waals surface area contributed by atoms with E-state index in [1.54, 1.807) is 0 Å². The molecule has 8 heteroatoms. The van der Waals surface area contributed by atoms with E-state index in [0.717, 1.165) is 31.2 Å². The number of hydrogen-bond acceptors (Lipinski definition) is 3. The first-order valence-electron chi connectivity index (χ1n) is 11.2. The minimum Gasteiger partial charge on any atom is -0.493 e. The van der Waals surface area contributed by atoms with Crippen molar-refractivity contribution in [1.29, 1.82) is 0 Å². The van der Waals surface area contributed by atoms with Crippen molar-refractivity contribution in [2.45, 2.75) is 63.5 Å². The second kappa shape index (κ2) is 8.60. The largest absolute Gasteiger partial charge is 0.493 e. The lowest BCUT2D eigenvalue weighted by atomic mass is 9.83. The highest BCUT2D eigenvalue weighted by molar-refractivity contribution is 5.88. The predicted molar refractivity (Wildman–Crippen MR) is 107 cm³/mol. The van der Waals surface area contributed by atoms with Crippen LogP contribution in [-0.4, -0.2) is 48.4 Å². The van der Waals surface area contributed by atoms with Crippen molar-refractivity contribution in [2.24, 2.45) is 11.3 Å². The quantitative estimate of drug-likeness (QED) is 0.556. The van der Waals surface area contributed by atoms with E-state index in [1.165, 1.54) is 12.1 Å². The Morgan fingerprint density at radius 3 is 2.32 bits per heavy atom. The predicted octanol–water partition coefficient (Wildman–Crippen LogP) is 5.61. The van der Waals surface area contributed by atoms with Gasteiger partial charge in [0.25, 0.3) is 0 Å². The number of carbonyl (C=O) groups is 1. The number of ether oxygens (including phenoxy) is 1. The summed E-state index contributed by atoms with van der Waals surface area (Å²) in [6.07, 6.45) is 0.915. The maximum absolute atomic E-state index is 14.1. The SMILES string of the molecule is O=C(O)c1cc(C2CC2)c(OCC2CCN(CC3(C(F)(F)F)CCCC3)CC2)cc1F. The number of benzene rings is 1. The number of rotatable bonds is 7. The Morgan fingerprint density at radius 1 is 1.13 bits per heavy atom. The van der Waals surface area contributed by atoms with Gasteiger partial charge in [-0.3, -0.25) is 0 Å². The van der Waals surface area contributed by atoms with Crippen molar-refractivity contribution in [3.05, 3.63) is 29.1 Å². The molecule has 0 bridgehead atoms. The van der Waals surface area contributed by atoms with Crippen LogP contribution in [0.4, 0.5) is 17.6 Å². The topological polar surface area (TPSA) is 49.8 Å². The fourth-order valence-corrected chi connectivity index (χ4v) is 5.10. The Hall–Kier alpha value is -1.83. The lowest BCUT2D eigenvalue weighted by Crippen LogP contribution is -2.48. The zero-order valence-electron chi connectivity index (χ0n) is 17.5. The summed E-state index contributed by atoms with van der Waals surface area (Å²) in [7, 11) is 0. The standard InChI is InChI=1S/C23H29F4NO3/c24-19-12-20(17(16-3-4-16)11-18(19)21(29)30)31-13-15-5-9-28(10-6-15)14-22(23(25,26)27)7-1-2-8-22/h11-12,15-16H,1-10,13-14H2,(H,29,30). The van der Waals surface area contributed by atoms with Crippen LogP contribution in [0, 0.1) is 17.2 Å². The van der Waals surface area contributed by atoms with E-state index in [2.05, 4.69) is 0 Å². The Bertz CT molecular complexity index is 808. The number of aromatic carboxylic acids is 1. The maximum atomic E-state index is 14.1. The molecule has 0 atom stereocenters. The number of carboxylic acids is 1. The second-order valence-electron chi connectivity index (χ2n) is 9.47. The zero-order valence-corrected chi connectivity index (χ0v) is 17.5. The Morgan fingerprint density at radius 2 is 1.77 bits per heavy atom. The highest BCUT2D eigenvalue weighted by Crippen LogP contribution is 2.51. The van der Waals surface area contributed by atoms with Gasteiger partial charge in [0.1, 0.15) is 11.6 Å². The number of likely N-dealkylation sites (tertiary alicyclic amines) is 1. The van der Waals surface area contributed by atoms with Gasteiger partial charge in [-0.05, 0) is 75.1 Å². The Kier molecular flexibility index (Phi) is 6.21. The van der Waals surface area contributed by atoms with E-state index >= 15 is 0 Å². The van der Waals surface area contributed by atoms with Gasteiger partial charge in [0, 0.05) is 12.6 Å². The molecule has 0 amide bonds. The minimum absolute atomic E-state index is 0.0811. The van der Waals surface area contributed by atoms with Crippen molar-refractivity contribution in [1.82, 2.24) is 4.90 Å². The molecule has 1 aliphatic heterocycles. The molecular weight excluding hydrogens is 414 g/mol. The third-order valence-corrected chi connectivity index (χ3v) is 7.22. The van der Waals surface area contributed by atoms with Crippen molar-refractivity contribution >= 4 is 5.97 Å². The van der Waals surface area contributed by atoms with E-state index in [4.69, 9.17) is 9.84 Å². The molecule has 2 aliphatic carbocycles. The average Bonchev–Trinajstić information content (AvgIpc) is 3.44. The number of hydrogen-bond donors (Lipinski definition) is 1. The van der Waals surface area contributed by atoms with Crippen molar-refractivity contribution in [2.75, 3.05) is 26.2 Å². The summed E-state index contributed by atoms with van der Waals surface area (Å²) < 4.78 is 61.0. The number of alkyl halides is 3. The summed E-state index contributed by atoms with van der Waals surface area (Å²) in [4.78, 5) is 13.2. The van der Waals surface area contributed by atoms with Crippen molar-refractivity contribution in [3.63, 3.8) is 0 Å². The van der Waals surface area contributed by atoms with Crippen LogP contribution in [0.1, 0.15) is 73.2 Å². The third-order valence-electron chi connectivity index (χ3n) is 7.22. The monoisotopic (exact) mass is 443 g/mol. The Labute approximate surface area is 179 Å². The molecule has 1 N–H and O–H groups in total. The van der Waals surface area contributed by atoms with Crippen LogP contribution >= 0.6 is 0 Å². The van der Waals surface area contributed by atoms with Gasteiger partial charge < -0.3 is 14.7 Å². The molecule has 31 heavy (non-hydrogen) atoms. The number of piperidine rings is 1. The van der Waals surface area contributed by atoms with Gasteiger partial charge >= 0.3 is 12.1 Å². The van der Waals surface area contributed by atoms with E-state index in [9.17, 15) is 22.4 Å². The van der Waals surface area contributed by atoms with E-state index in [-0.39, 0.29) is 36.8 Å². The number of halogens is 4. The fourth-order valence-electron chi connectivity index (χ4n) is 5.10. The third kappa shape index (κ3) is 4.83. The Balaban J connectivity index is 1.33. The normalized spacial score (nSPS) is 22.6. The van der Waals surface area contributed by atoms with Gasteiger partial charge in [-0.25, -0.2) is 9.18 Å². The molecule has 2 saturated carbocycles. The molecule has 1 heterocycles.